The van der Waals surface area contributed by atoms with Crippen LogP contribution in [0.4, 0.5) is 5.69 Å². The van der Waals surface area contributed by atoms with Crippen LogP contribution >= 0.6 is 15.9 Å². The van der Waals surface area contributed by atoms with Gasteiger partial charge in [-0.1, -0.05) is 29.4 Å². The Labute approximate surface area is 120 Å². The first-order valence-corrected chi connectivity index (χ1v) is 6.78. The summed E-state index contributed by atoms with van der Waals surface area (Å²) in [5, 5.41) is 14.1. The van der Waals surface area contributed by atoms with Crippen molar-refractivity contribution >= 4 is 21.6 Å². The maximum absolute atomic E-state index is 10.9. The van der Waals surface area contributed by atoms with Crippen LogP contribution < -0.4 is 10.1 Å². The van der Waals surface area contributed by atoms with Crippen molar-refractivity contribution in [2.75, 3.05) is 19.7 Å². The molecule has 0 aliphatic rings. The molecule has 0 aromatic heterocycles. The van der Waals surface area contributed by atoms with Gasteiger partial charge in [-0.25, -0.2) is 0 Å². The number of nitro groups is 1. The van der Waals surface area contributed by atoms with Crippen molar-refractivity contribution in [1.82, 2.24) is 5.32 Å². The molecule has 0 heterocycles. The quantitative estimate of drug-likeness (QED) is 0.344. The second kappa shape index (κ2) is 7.91. The Morgan fingerprint density at radius 3 is 2.95 bits per heavy atom. The third kappa shape index (κ3) is 5.40. The zero-order valence-corrected chi connectivity index (χ0v) is 12.4. The summed E-state index contributed by atoms with van der Waals surface area (Å²) >= 11 is 3.20. The summed E-state index contributed by atoms with van der Waals surface area (Å²) in [4.78, 5) is 10.4. The fraction of sp³-hybridized carbons (Fsp3) is 0.385. The predicted octanol–water partition coefficient (Wildman–Crippen LogP) is 3.29. The summed E-state index contributed by atoms with van der Waals surface area (Å²) in [6.07, 6.45) is 1.05. The molecule has 104 valence electrons. The van der Waals surface area contributed by atoms with Gasteiger partial charge in [-0.05, 0) is 30.7 Å². The topological polar surface area (TPSA) is 64.4 Å². The van der Waals surface area contributed by atoms with Gasteiger partial charge in [0, 0.05) is 17.1 Å². The minimum absolute atomic E-state index is 0.0521. The van der Waals surface area contributed by atoms with Crippen molar-refractivity contribution in [3.8, 4) is 5.75 Å². The fourth-order valence-corrected chi connectivity index (χ4v) is 1.78. The molecule has 0 saturated carbocycles. The number of ether oxygens (including phenoxy) is 1. The predicted molar refractivity (Wildman–Crippen MR) is 78.6 cm³/mol. The van der Waals surface area contributed by atoms with E-state index in [2.05, 4.69) is 34.7 Å². The van der Waals surface area contributed by atoms with Crippen LogP contribution in [0.5, 0.6) is 5.75 Å². The average molecular weight is 329 g/mol. The van der Waals surface area contributed by atoms with Gasteiger partial charge in [0.2, 0.25) is 0 Å². The summed E-state index contributed by atoms with van der Waals surface area (Å²) < 4.78 is 6.09. The van der Waals surface area contributed by atoms with Gasteiger partial charge in [0.25, 0.3) is 0 Å². The Balaban J connectivity index is 2.57. The van der Waals surface area contributed by atoms with E-state index in [9.17, 15) is 10.1 Å². The van der Waals surface area contributed by atoms with Crippen molar-refractivity contribution in [2.24, 2.45) is 0 Å². The number of nitrogens with one attached hydrogen (secondary N) is 1. The number of hydrogen-bond acceptors (Lipinski definition) is 4. The van der Waals surface area contributed by atoms with E-state index in [-0.39, 0.29) is 18.0 Å². The Hall–Kier alpha value is -1.40. The van der Waals surface area contributed by atoms with Gasteiger partial charge in [0.05, 0.1) is 4.92 Å². The molecule has 5 nitrogen and oxygen atoms in total. The molecule has 0 spiro atoms. The minimum atomic E-state index is -0.460. The van der Waals surface area contributed by atoms with Gasteiger partial charge in [0.1, 0.15) is 6.61 Å². The Morgan fingerprint density at radius 1 is 1.58 bits per heavy atom. The van der Waals surface area contributed by atoms with Crippen molar-refractivity contribution in [3.63, 3.8) is 0 Å². The monoisotopic (exact) mass is 328 g/mol. The molecule has 19 heavy (non-hydrogen) atoms. The first kappa shape index (κ1) is 15.7. The number of rotatable bonds is 8. The van der Waals surface area contributed by atoms with E-state index >= 15 is 0 Å². The number of benzene rings is 1. The van der Waals surface area contributed by atoms with Crippen molar-refractivity contribution in [1.29, 1.82) is 0 Å². The van der Waals surface area contributed by atoms with E-state index in [1.165, 1.54) is 6.07 Å². The summed E-state index contributed by atoms with van der Waals surface area (Å²) in [6, 6.07) is 4.71. The third-order valence-corrected chi connectivity index (χ3v) is 2.84. The molecule has 0 atom stereocenters. The standard InChI is InChI=1S/C13H17BrN2O3/c1-3-6-15-8-10(2)9-19-13-5-4-11(14)7-12(13)16(17)18/h4-5,7,15H,2-3,6,8-9H2,1H3. The van der Waals surface area contributed by atoms with E-state index in [0.717, 1.165) is 18.5 Å². The Bertz CT molecular complexity index is 463. The van der Waals surface area contributed by atoms with E-state index in [1.807, 2.05) is 0 Å². The number of nitrogens with zero attached hydrogens (tertiary/aromatic N) is 1. The molecule has 0 unspecified atom stereocenters. The fourth-order valence-electron chi connectivity index (χ4n) is 1.43. The molecular weight excluding hydrogens is 312 g/mol. The van der Waals surface area contributed by atoms with E-state index < -0.39 is 4.92 Å². The molecule has 6 heteroatoms. The Kier molecular flexibility index (Phi) is 6.52. The molecule has 0 aliphatic carbocycles. The van der Waals surface area contributed by atoms with E-state index in [1.54, 1.807) is 12.1 Å². The van der Waals surface area contributed by atoms with Crippen LogP contribution in [0, 0.1) is 10.1 Å². The lowest BCUT2D eigenvalue weighted by Crippen LogP contribution is -2.20. The molecule has 0 fully saturated rings. The average Bonchev–Trinajstić information content (AvgIpc) is 2.37. The van der Waals surface area contributed by atoms with Gasteiger partial charge >= 0.3 is 5.69 Å². The largest absolute Gasteiger partial charge is 0.482 e. The highest BCUT2D eigenvalue weighted by atomic mass is 79.9. The van der Waals surface area contributed by atoms with E-state index in [0.29, 0.717) is 11.0 Å². The lowest BCUT2D eigenvalue weighted by molar-refractivity contribution is -0.385. The Morgan fingerprint density at radius 2 is 2.32 bits per heavy atom. The first-order chi connectivity index (χ1) is 9.04. The molecule has 0 amide bonds. The van der Waals surface area contributed by atoms with Crippen LogP contribution in [0.15, 0.2) is 34.8 Å². The second-order valence-corrected chi connectivity index (χ2v) is 5.00. The van der Waals surface area contributed by atoms with Crippen molar-refractivity contribution < 1.29 is 9.66 Å². The zero-order chi connectivity index (χ0) is 14.3. The van der Waals surface area contributed by atoms with Crippen LogP contribution in [-0.4, -0.2) is 24.6 Å². The summed E-state index contributed by atoms with van der Waals surface area (Å²) in [6.45, 7) is 7.78. The maximum atomic E-state index is 10.9. The molecular formula is C13H17BrN2O3. The molecule has 0 aliphatic heterocycles. The van der Waals surface area contributed by atoms with Gasteiger partial charge in [-0.2, -0.15) is 0 Å². The van der Waals surface area contributed by atoms with Gasteiger partial charge in [-0.15, -0.1) is 0 Å². The van der Waals surface area contributed by atoms with Crippen LogP contribution in [0.1, 0.15) is 13.3 Å². The smallest absolute Gasteiger partial charge is 0.312 e. The highest BCUT2D eigenvalue weighted by Crippen LogP contribution is 2.30. The zero-order valence-electron chi connectivity index (χ0n) is 10.8. The van der Waals surface area contributed by atoms with Crippen LogP contribution in [0.3, 0.4) is 0 Å². The number of halogens is 1. The lowest BCUT2D eigenvalue weighted by atomic mass is 10.3. The SMILES string of the molecule is C=C(CNCCC)COc1ccc(Br)cc1[N+](=O)[O-]. The van der Waals surface area contributed by atoms with Gasteiger partial charge < -0.3 is 10.1 Å². The second-order valence-electron chi connectivity index (χ2n) is 4.08. The molecule has 0 saturated heterocycles. The van der Waals surface area contributed by atoms with Gasteiger partial charge in [0.15, 0.2) is 5.75 Å². The van der Waals surface area contributed by atoms with Gasteiger partial charge in [-0.3, -0.25) is 10.1 Å². The summed E-state index contributed by atoms with van der Waals surface area (Å²) in [5.41, 5.74) is 0.800. The van der Waals surface area contributed by atoms with Crippen molar-refractivity contribution in [3.05, 3.63) is 44.9 Å². The lowest BCUT2D eigenvalue weighted by Gasteiger charge is -2.10. The van der Waals surface area contributed by atoms with Crippen LogP contribution in [0.25, 0.3) is 0 Å². The maximum Gasteiger partial charge on any atom is 0.312 e. The van der Waals surface area contributed by atoms with Crippen LogP contribution in [0.2, 0.25) is 0 Å². The summed E-state index contributed by atoms with van der Waals surface area (Å²) in [5.74, 6) is 0.254. The highest BCUT2D eigenvalue weighted by molar-refractivity contribution is 9.10. The normalized spacial score (nSPS) is 10.2. The molecule has 0 radical (unpaired) electrons. The van der Waals surface area contributed by atoms with E-state index in [4.69, 9.17) is 4.74 Å². The summed E-state index contributed by atoms with van der Waals surface area (Å²) in [7, 11) is 0. The van der Waals surface area contributed by atoms with Crippen LogP contribution in [-0.2, 0) is 0 Å². The molecule has 1 rings (SSSR count). The highest BCUT2D eigenvalue weighted by Gasteiger charge is 2.15. The molecule has 1 aromatic carbocycles. The van der Waals surface area contributed by atoms with Crippen molar-refractivity contribution in [2.45, 2.75) is 13.3 Å². The molecule has 1 N–H and O–H groups in total. The first-order valence-electron chi connectivity index (χ1n) is 5.98. The minimum Gasteiger partial charge on any atom is -0.482 e. The molecule has 1 aromatic rings. The molecule has 0 bridgehead atoms. The number of hydrogen-bond donors (Lipinski definition) is 1. The number of nitro benzene ring substituents is 1. The third-order valence-electron chi connectivity index (χ3n) is 2.35.